The number of benzene rings is 1. The molecule has 1 saturated heterocycles. The quantitative estimate of drug-likeness (QED) is 0.816. The van der Waals surface area contributed by atoms with Gasteiger partial charge in [0, 0.05) is 12.6 Å². The molecule has 1 atom stereocenters. The van der Waals surface area contributed by atoms with Crippen LogP contribution in [0, 0.1) is 5.82 Å². The Morgan fingerprint density at radius 1 is 1.50 bits per heavy atom. The summed E-state index contributed by atoms with van der Waals surface area (Å²) in [5, 5.41) is 6.01. The van der Waals surface area contributed by atoms with Gasteiger partial charge in [-0.3, -0.25) is 4.79 Å². The van der Waals surface area contributed by atoms with Gasteiger partial charge < -0.3 is 10.6 Å². The number of amides is 1. The van der Waals surface area contributed by atoms with E-state index in [1.807, 2.05) is 0 Å². The van der Waals surface area contributed by atoms with Crippen molar-refractivity contribution >= 4 is 17.5 Å². The number of rotatable bonds is 2. The second-order valence-electron chi connectivity index (χ2n) is 3.83. The fourth-order valence-electron chi connectivity index (χ4n) is 1.70. The maximum atomic E-state index is 12.9. The molecule has 2 rings (SSSR count). The highest BCUT2D eigenvalue weighted by molar-refractivity contribution is 6.30. The van der Waals surface area contributed by atoms with Crippen molar-refractivity contribution < 1.29 is 9.18 Å². The molecule has 0 saturated carbocycles. The van der Waals surface area contributed by atoms with Crippen LogP contribution in [0.2, 0.25) is 5.02 Å². The first-order valence-corrected chi connectivity index (χ1v) is 5.47. The number of nitrogens with one attached hydrogen (secondary N) is 2. The lowest BCUT2D eigenvalue weighted by Gasteiger charge is -2.24. The zero-order valence-electron chi connectivity index (χ0n) is 8.59. The highest BCUT2D eigenvalue weighted by Crippen LogP contribution is 2.17. The first kappa shape index (κ1) is 11.4. The van der Waals surface area contributed by atoms with Gasteiger partial charge in [0.15, 0.2) is 0 Å². The third-order valence-electron chi connectivity index (χ3n) is 2.56. The van der Waals surface area contributed by atoms with E-state index in [1.165, 1.54) is 6.07 Å². The summed E-state index contributed by atoms with van der Waals surface area (Å²) in [5.74, 6) is -0.399. The Balaban J connectivity index is 1.98. The van der Waals surface area contributed by atoms with Crippen molar-refractivity contribution in [1.82, 2.24) is 10.6 Å². The molecule has 0 radical (unpaired) electrons. The molecule has 2 N–H and O–H groups in total. The van der Waals surface area contributed by atoms with Gasteiger partial charge >= 0.3 is 0 Å². The van der Waals surface area contributed by atoms with Crippen LogP contribution in [0.15, 0.2) is 18.2 Å². The molecular weight excluding hydrogens is 231 g/mol. The Hall–Kier alpha value is -1.13. The number of halogens is 2. The second-order valence-corrected chi connectivity index (χ2v) is 4.24. The maximum absolute atomic E-state index is 12.9. The Morgan fingerprint density at radius 2 is 2.31 bits per heavy atom. The summed E-state index contributed by atoms with van der Waals surface area (Å²) in [4.78, 5) is 10.9. The third-order valence-corrected chi connectivity index (χ3v) is 2.85. The second kappa shape index (κ2) is 4.80. The van der Waals surface area contributed by atoms with E-state index in [0.29, 0.717) is 13.1 Å². The predicted molar refractivity (Wildman–Crippen MR) is 59.9 cm³/mol. The topological polar surface area (TPSA) is 41.1 Å². The van der Waals surface area contributed by atoms with Gasteiger partial charge in [0.25, 0.3) is 0 Å². The summed E-state index contributed by atoms with van der Waals surface area (Å²) in [6.07, 6.45) is 0.722. The maximum Gasteiger partial charge on any atom is 0.234 e. The molecule has 0 bridgehead atoms. The molecule has 1 aliphatic heterocycles. The molecule has 0 aliphatic carbocycles. The smallest absolute Gasteiger partial charge is 0.234 e. The van der Waals surface area contributed by atoms with Crippen LogP contribution in [0.1, 0.15) is 5.56 Å². The van der Waals surface area contributed by atoms with Crippen molar-refractivity contribution in [3.8, 4) is 0 Å². The molecule has 3 nitrogen and oxygen atoms in total. The Kier molecular flexibility index (Phi) is 3.41. The molecule has 0 spiro atoms. The van der Waals surface area contributed by atoms with E-state index in [2.05, 4.69) is 10.6 Å². The average molecular weight is 243 g/mol. The summed E-state index contributed by atoms with van der Waals surface area (Å²) < 4.78 is 12.9. The Bertz CT molecular complexity index is 401. The van der Waals surface area contributed by atoms with Crippen LogP contribution in [0.5, 0.6) is 0 Å². The Labute approximate surface area is 98.0 Å². The number of carbonyl (C=O) groups is 1. The normalized spacial score (nSPS) is 20.6. The summed E-state index contributed by atoms with van der Waals surface area (Å²) in [6, 6.07) is 4.87. The molecule has 5 heteroatoms. The SMILES string of the molecule is O=C1CNC(Cc2ccc(F)c(Cl)c2)CN1. The van der Waals surface area contributed by atoms with Gasteiger partial charge in [-0.1, -0.05) is 17.7 Å². The number of hydrogen-bond acceptors (Lipinski definition) is 2. The molecule has 1 fully saturated rings. The standard InChI is InChI=1S/C11H12ClFN2O/c12-9-4-7(1-2-10(9)13)3-8-5-15-11(16)6-14-8/h1-2,4,8,14H,3,5-6H2,(H,15,16). The van der Waals surface area contributed by atoms with Crippen molar-refractivity contribution in [1.29, 1.82) is 0 Å². The van der Waals surface area contributed by atoms with E-state index in [1.54, 1.807) is 12.1 Å². The van der Waals surface area contributed by atoms with Crippen LogP contribution in [-0.2, 0) is 11.2 Å². The average Bonchev–Trinajstić information content (AvgIpc) is 2.27. The van der Waals surface area contributed by atoms with Crippen molar-refractivity contribution in [3.05, 3.63) is 34.6 Å². The van der Waals surface area contributed by atoms with Gasteiger partial charge in [-0.15, -0.1) is 0 Å². The molecule has 1 unspecified atom stereocenters. The zero-order chi connectivity index (χ0) is 11.5. The molecule has 0 aromatic heterocycles. The molecule has 1 aromatic rings. The van der Waals surface area contributed by atoms with E-state index >= 15 is 0 Å². The van der Waals surface area contributed by atoms with E-state index < -0.39 is 5.82 Å². The van der Waals surface area contributed by atoms with Crippen LogP contribution < -0.4 is 10.6 Å². The van der Waals surface area contributed by atoms with E-state index in [9.17, 15) is 9.18 Å². The van der Waals surface area contributed by atoms with Crippen molar-refractivity contribution in [2.45, 2.75) is 12.5 Å². The minimum absolute atomic E-state index is 0.00777. The summed E-state index contributed by atoms with van der Waals surface area (Å²) in [6.45, 7) is 0.924. The van der Waals surface area contributed by atoms with Gasteiger partial charge in [0.1, 0.15) is 5.82 Å². The summed E-state index contributed by atoms with van der Waals surface area (Å²) in [5.41, 5.74) is 0.958. The van der Waals surface area contributed by atoms with Gasteiger partial charge in [0.2, 0.25) is 5.91 Å². The molecule has 86 valence electrons. The van der Waals surface area contributed by atoms with Crippen LogP contribution in [0.4, 0.5) is 4.39 Å². The largest absolute Gasteiger partial charge is 0.353 e. The monoisotopic (exact) mass is 242 g/mol. The highest BCUT2D eigenvalue weighted by atomic mass is 35.5. The lowest BCUT2D eigenvalue weighted by atomic mass is 10.0. The fraction of sp³-hybridized carbons (Fsp3) is 0.364. The first-order chi connectivity index (χ1) is 7.65. The first-order valence-electron chi connectivity index (χ1n) is 5.09. The Morgan fingerprint density at radius 3 is 2.94 bits per heavy atom. The van der Waals surface area contributed by atoms with Crippen molar-refractivity contribution in [3.63, 3.8) is 0 Å². The minimum Gasteiger partial charge on any atom is -0.353 e. The van der Waals surface area contributed by atoms with Crippen LogP contribution in [0.25, 0.3) is 0 Å². The molecule has 1 amide bonds. The zero-order valence-corrected chi connectivity index (χ0v) is 9.35. The summed E-state index contributed by atoms with van der Waals surface area (Å²) in [7, 11) is 0. The number of piperazine rings is 1. The van der Waals surface area contributed by atoms with Gasteiger partial charge in [-0.05, 0) is 24.1 Å². The minimum atomic E-state index is -0.407. The lowest BCUT2D eigenvalue weighted by Crippen LogP contribution is -2.52. The van der Waals surface area contributed by atoms with E-state index in [0.717, 1.165) is 12.0 Å². The highest BCUT2D eigenvalue weighted by Gasteiger charge is 2.17. The predicted octanol–water partition coefficient (Wildman–Crippen LogP) is 1.11. The number of hydrogen-bond donors (Lipinski definition) is 2. The molecule has 1 aromatic carbocycles. The molecule has 1 aliphatic rings. The molecule has 1 heterocycles. The molecule has 16 heavy (non-hydrogen) atoms. The third kappa shape index (κ3) is 2.71. The van der Waals surface area contributed by atoms with E-state index in [-0.39, 0.29) is 17.0 Å². The van der Waals surface area contributed by atoms with Gasteiger partial charge in [-0.2, -0.15) is 0 Å². The summed E-state index contributed by atoms with van der Waals surface area (Å²) >= 11 is 5.69. The van der Waals surface area contributed by atoms with Crippen LogP contribution in [-0.4, -0.2) is 25.0 Å². The van der Waals surface area contributed by atoms with Crippen LogP contribution >= 0.6 is 11.6 Å². The van der Waals surface area contributed by atoms with Gasteiger partial charge in [-0.25, -0.2) is 4.39 Å². The lowest BCUT2D eigenvalue weighted by molar-refractivity contribution is -0.121. The van der Waals surface area contributed by atoms with Crippen LogP contribution in [0.3, 0.4) is 0 Å². The number of carbonyl (C=O) groups excluding carboxylic acids is 1. The van der Waals surface area contributed by atoms with E-state index in [4.69, 9.17) is 11.6 Å². The van der Waals surface area contributed by atoms with Gasteiger partial charge in [0.05, 0.1) is 11.6 Å². The molecular formula is C11H12ClFN2O. The fourth-order valence-corrected chi connectivity index (χ4v) is 1.91. The van der Waals surface area contributed by atoms with Crippen molar-refractivity contribution in [2.24, 2.45) is 0 Å². The van der Waals surface area contributed by atoms with Crippen molar-refractivity contribution in [2.75, 3.05) is 13.1 Å².